The van der Waals surface area contributed by atoms with Crippen molar-refractivity contribution in [3.63, 3.8) is 0 Å². The lowest BCUT2D eigenvalue weighted by atomic mass is 10.1. The maximum absolute atomic E-state index is 13.0. The molecular weight excluding hydrogens is 490 g/mol. The van der Waals surface area contributed by atoms with E-state index in [2.05, 4.69) is 20.3 Å². The molecule has 11 heteroatoms. The van der Waals surface area contributed by atoms with E-state index in [-0.39, 0.29) is 37.0 Å². The molecular formula is C26H35N7O3S. The normalized spacial score (nSPS) is 11.3. The van der Waals surface area contributed by atoms with Crippen molar-refractivity contribution in [3.8, 4) is 0 Å². The number of carbonyl (C=O) groups excluding carboxylic acids is 2. The van der Waals surface area contributed by atoms with Crippen LogP contribution in [0.15, 0.2) is 53.6 Å². The second-order valence-electron chi connectivity index (χ2n) is 9.60. The van der Waals surface area contributed by atoms with E-state index in [1.807, 2.05) is 51.1 Å². The molecule has 10 nitrogen and oxygen atoms in total. The highest BCUT2D eigenvalue weighted by atomic mass is 32.2. The molecule has 0 unspecified atom stereocenters. The molecule has 0 radical (unpaired) electrons. The van der Waals surface area contributed by atoms with Crippen molar-refractivity contribution >= 4 is 29.4 Å². The van der Waals surface area contributed by atoms with Gasteiger partial charge in [0.2, 0.25) is 11.8 Å². The highest BCUT2D eigenvalue weighted by Crippen LogP contribution is 2.15. The molecule has 3 rings (SSSR count). The number of nitrogens with zero attached hydrogens (tertiary/aromatic N) is 3. The molecule has 0 aliphatic heterocycles. The molecule has 0 bridgehead atoms. The van der Waals surface area contributed by atoms with E-state index < -0.39 is 5.54 Å². The molecule has 0 saturated carbocycles. The smallest absolute Gasteiger partial charge is 0.275 e. The number of amides is 2. The van der Waals surface area contributed by atoms with Crippen LogP contribution in [-0.2, 0) is 35.0 Å². The Labute approximate surface area is 221 Å². The van der Waals surface area contributed by atoms with Gasteiger partial charge in [0.1, 0.15) is 18.8 Å². The van der Waals surface area contributed by atoms with Gasteiger partial charge in [-0.25, -0.2) is 4.98 Å². The summed E-state index contributed by atoms with van der Waals surface area (Å²) in [6, 6.07) is 13.5. The molecule has 198 valence electrons. The maximum atomic E-state index is 13.0. The van der Waals surface area contributed by atoms with Crippen LogP contribution in [0.5, 0.6) is 0 Å². The number of rotatable bonds is 12. The van der Waals surface area contributed by atoms with Crippen LogP contribution in [0.4, 0.5) is 5.69 Å². The van der Waals surface area contributed by atoms with Gasteiger partial charge in [0.05, 0.1) is 24.3 Å². The van der Waals surface area contributed by atoms with Crippen LogP contribution in [0.3, 0.4) is 0 Å². The summed E-state index contributed by atoms with van der Waals surface area (Å²) in [5, 5.41) is 5.65. The summed E-state index contributed by atoms with van der Waals surface area (Å²) in [6.45, 7) is 7.73. The monoisotopic (exact) mass is 525 g/mol. The first kappa shape index (κ1) is 28.0. The van der Waals surface area contributed by atoms with E-state index in [0.29, 0.717) is 35.1 Å². The van der Waals surface area contributed by atoms with E-state index in [9.17, 15) is 14.4 Å². The minimum Gasteiger partial charge on any atom is -0.353 e. The number of imidazole rings is 1. The lowest BCUT2D eigenvalue weighted by Crippen LogP contribution is -2.45. The lowest BCUT2D eigenvalue weighted by molar-refractivity contribution is -0.122. The number of aryl methyl sites for hydroxylation is 2. The molecule has 2 aromatic heterocycles. The predicted molar refractivity (Wildman–Crippen MR) is 147 cm³/mol. The molecule has 0 saturated heterocycles. The number of nitrogens with two attached hydrogens (primary N) is 1. The summed E-state index contributed by atoms with van der Waals surface area (Å²) in [4.78, 5) is 42.3. The van der Waals surface area contributed by atoms with Gasteiger partial charge >= 0.3 is 0 Å². The number of hydrogen-bond acceptors (Lipinski definition) is 7. The van der Waals surface area contributed by atoms with Gasteiger partial charge in [0, 0.05) is 23.5 Å². The van der Waals surface area contributed by atoms with E-state index in [4.69, 9.17) is 5.73 Å². The van der Waals surface area contributed by atoms with Crippen LogP contribution in [0, 0.1) is 13.8 Å². The zero-order valence-corrected chi connectivity index (χ0v) is 22.5. The van der Waals surface area contributed by atoms with Gasteiger partial charge in [-0.1, -0.05) is 30.3 Å². The second-order valence-corrected chi connectivity index (χ2v) is 10.4. The van der Waals surface area contributed by atoms with Crippen molar-refractivity contribution in [2.75, 3.05) is 11.3 Å². The predicted octanol–water partition coefficient (Wildman–Crippen LogP) is 2.09. The van der Waals surface area contributed by atoms with Gasteiger partial charge in [-0.2, -0.15) is 0 Å². The molecule has 2 amide bonds. The molecule has 0 atom stereocenters. The molecule has 0 fully saturated rings. The molecule has 0 aliphatic carbocycles. The summed E-state index contributed by atoms with van der Waals surface area (Å²) in [5.74, 6) is 0.185. The van der Waals surface area contributed by atoms with Crippen LogP contribution in [0.1, 0.15) is 36.5 Å². The van der Waals surface area contributed by atoms with E-state index in [1.54, 1.807) is 30.0 Å². The van der Waals surface area contributed by atoms with E-state index >= 15 is 0 Å². The largest absolute Gasteiger partial charge is 0.353 e. The standard InChI is InChI=1S/C26H35N7O3S/c1-18-10-11-21(31-37-15-20-8-6-5-7-9-20)25(36)33(18)14-24(35)28-12-22-19(2)30-17-32(22)13-23(34)29-16-26(3,4)27/h5-11,17,31H,12-16,27H2,1-4H3,(H,28,35)(H,29,34). The Bertz CT molecular complexity index is 1280. The first-order valence-corrected chi connectivity index (χ1v) is 13.0. The highest BCUT2D eigenvalue weighted by Gasteiger charge is 2.16. The third-order valence-corrected chi connectivity index (χ3v) is 6.46. The zero-order chi connectivity index (χ0) is 27.0. The number of anilines is 1. The molecule has 3 aromatic rings. The van der Waals surface area contributed by atoms with Gasteiger partial charge in [0.15, 0.2) is 0 Å². The molecule has 2 heterocycles. The van der Waals surface area contributed by atoms with Gasteiger partial charge < -0.3 is 30.2 Å². The summed E-state index contributed by atoms with van der Waals surface area (Å²) >= 11 is 1.41. The first-order chi connectivity index (χ1) is 17.5. The Kier molecular flexibility index (Phi) is 9.54. The van der Waals surface area contributed by atoms with E-state index in [1.165, 1.54) is 16.5 Å². The molecule has 0 aliphatic rings. The topological polar surface area (TPSA) is 136 Å². The van der Waals surface area contributed by atoms with Crippen molar-refractivity contribution in [1.29, 1.82) is 0 Å². The lowest BCUT2D eigenvalue weighted by Gasteiger charge is -2.19. The van der Waals surface area contributed by atoms with Crippen molar-refractivity contribution in [1.82, 2.24) is 24.8 Å². The quantitative estimate of drug-likeness (QED) is 0.266. The maximum Gasteiger partial charge on any atom is 0.275 e. The Morgan fingerprint density at radius 2 is 1.73 bits per heavy atom. The summed E-state index contributed by atoms with van der Waals surface area (Å²) in [7, 11) is 0. The third-order valence-electron chi connectivity index (χ3n) is 5.62. The van der Waals surface area contributed by atoms with Gasteiger partial charge in [-0.15, -0.1) is 0 Å². The SMILES string of the molecule is Cc1ncn(CC(=O)NCC(C)(C)N)c1CNC(=O)Cn1c(C)ccc(NSCc2ccccc2)c1=O. The second kappa shape index (κ2) is 12.6. The number of nitrogens with one attached hydrogen (secondary N) is 3. The number of hydrogen-bond donors (Lipinski definition) is 4. The van der Waals surface area contributed by atoms with Crippen LogP contribution in [0.25, 0.3) is 0 Å². The van der Waals surface area contributed by atoms with Gasteiger partial charge in [0.25, 0.3) is 5.56 Å². The van der Waals surface area contributed by atoms with Crippen LogP contribution < -0.4 is 26.6 Å². The molecule has 37 heavy (non-hydrogen) atoms. The van der Waals surface area contributed by atoms with Crippen LogP contribution in [-0.4, -0.2) is 38.0 Å². The Morgan fingerprint density at radius 1 is 1.03 bits per heavy atom. The zero-order valence-electron chi connectivity index (χ0n) is 21.7. The minimum atomic E-state index is -0.513. The fourth-order valence-electron chi connectivity index (χ4n) is 3.51. The number of carbonyl (C=O) groups is 2. The summed E-state index contributed by atoms with van der Waals surface area (Å²) < 4.78 is 6.24. The Balaban J connectivity index is 1.58. The number of pyridine rings is 1. The van der Waals surface area contributed by atoms with Crippen molar-refractivity contribution in [2.24, 2.45) is 5.73 Å². The Hall–Kier alpha value is -3.57. The molecule has 1 aromatic carbocycles. The average Bonchev–Trinajstić information content (AvgIpc) is 3.19. The highest BCUT2D eigenvalue weighted by molar-refractivity contribution is 7.99. The van der Waals surface area contributed by atoms with Gasteiger partial charge in [-0.3, -0.25) is 14.4 Å². The van der Waals surface area contributed by atoms with Crippen LogP contribution >= 0.6 is 11.9 Å². The first-order valence-electron chi connectivity index (χ1n) is 12.0. The fourth-order valence-corrected chi connectivity index (χ4v) is 4.25. The van der Waals surface area contributed by atoms with Crippen LogP contribution in [0.2, 0.25) is 0 Å². The minimum absolute atomic E-state index is 0.0645. The fraction of sp³-hybridized carbons (Fsp3) is 0.385. The van der Waals surface area contributed by atoms with Crippen molar-refractivity contribution < 1.29 is 9.59 Å². The van der Waals surface area contributed by atoms with Crippen molar-refractivity contribution in [2.45, 2.75) is 58.6 Å². The van der Waals surface area contributed by atoms with Gasteiger partial charge in [-0.05, 0) is 57.3 Å². The number of benzene rings is 1. The summed E-state index contributed by atoms with van der Waals surface area (Å²) in [5.41, 5.74) is 8.81. The molecule has 5 N–H and O–H groups in total. The molecule has 0 spiro atoms. The van der Waals surface area contributed by atoms with Crippen molar-refractivity contribution in [3.05, 3.63) is 81.8 Å². The number of aromatic nitrogens is 3. The Morgan fingerprint density at radius 3 is 2.43 bits per heavy atom. The summed E-state index contributed by atoms with van der Waals surface area (Å²) in [6.07, 6.45) is 1.57. The average molecular weight is 526 g/mol. The van der Waals surface area contributed by atoms with E-state index in [0.717, 1.165) is 5.56 Å². The third kappa shape index (κ3) is 8.50.